The molecule has 0 aliphatic carbocycles. The number of hydrogen-bond acceptors (Lipinski definition) is 1. The minimum absolute atomic E-state index is 0.374. The first-order valence-corrected chi connectivity index (χ1v) is 9.56. The van der Waals surface area contributed by atoms with Crippen molar-refractivity contribution in [3.05, 3.63) is 101 Å². The predicted octanol–water partition coefficient (Wildman–Crippen LogP) is 8.04. The molecule has 3 aromatic carbocycles. The zero-order valence-corrected chi connectivity index (χ0v) is 16.8. The van der Waals surface area contributed by atoms with Gasteiger partial charge in [-0.05, 0) is 60.4 Å². The highest BCUT2D eigenvalue weighted by atomic mass is 19.4. The van der Waals surface area contributed by atoms with Gasteiger partial charge < -0.3 is 4.74 Å². The molecule has 0 saturated heterocycles. The van der Waals surface area contributed by atoms with Crippen LogP contribution >= 0.6 is 0 Å². The number of ether oxygens (including phenoxy) is 1. The summed E-state index contributed by atoms with van der Waals surface area (Å²) in [5, 5.41) is 0. The lowest BCUT2D eigenvalue weighted by Crippen LogP contribution is -2.22. The maximum atomic E-state index is 14.5. The topological polar surface area (TPSA) is 9.23 Å². The largest absolute Gasteiger partial charge is 0.426 e. The minimum atomic E-state index is -4.97. The lowest BCUT2D eigenvalue weighted by molar-refractivity contribution is -0.187. The number of allylic oxidation sites excluding steroid dienone is 1. The Bertz CT molecular complexity index is 1150. The van der Waals surface area contributed by atoms with Crippen LogP contribution in [0.3, 0.4) is 0 Å². The maximum absolute atomic E-state index is 14.5. The lowest BCUT2D eigenvalue weighted by Gasteiger charge is -2.19. The summed E-state index contributed by atoms with van der Waals surface area (Å²) in [4.78, 5) is 0. The van der Waals surface area contributed by atoms with Crippen molar-refractivity contribution in [2.75, 3.05) is 0 Å². The summed E-state index contributed by atoms with van der Waals surface area (Å²) in [7, 11) is 0. The van der Waals surface area contributed by atoms with Gasteiger partial charge >= 0.3 is 12.3 Å². The van der Waals surface area contributed by atoms with Gasteiger partial charge in [-0.1, -0.05) is 24.3 Å². The van der Waals surface area contributed by atoms with Crippen LogP contribution in [0.4, 0.5) is 35.1 Å². The molecule has 0 heterocycles. The zero-order chi connectivity index (χ0) is 24.4. The second-order valence-corrected chi connectivity index (χ2v) is 7.07. The Balaban J connectivity index is 1.87. The van der Waals surface area contributed by atoms with E-state index in [0.29, 0.717) is 31.0 Å². The number of rotatable bonds is 7. The Labute approximate surface area is 183 Å². The van der Waals surface area contributed by atoms with Gasteiger partial charge in [0, 0.05) is 5.56 Å². The van der Waals surface area contributed by atoms with Crippen LogP contribution < -0.4 is 4.74 Å². The van der Waals surface area contributed by atoms with E-state index in [1.54, 1.807) is 6.08 Å². The van der Waals surface area contributed by atoms with Gasteiger partial charge in [-0.25, -0.2) is 8.78 Å². The van der Waals surface area contributed by atoms with Crippen molar-refractivity contribution in [3.63, 3.8) is 0 Å². The molecule has 0 spiro atoms. The molecule has 0 aromatic heterocycles. The standard InChI is InChI=1S/C24H16F8O/c1-2-3-4-14-5-8-16(9-6-14)24(31,32)33-20-12-10-17(21(26)22(20)27)15-7-11-18(19(25)13-15)23(28,29)30/h2,5-13H,1,3-4H2. The average molecular weight is 472 g/mol. The number of aryl methyl sites for hydroxylation is 1. The summed E-state index contributed by atoms with van der Waals surface area (Å²) < 4.78 is 114. The first-order chi connectivity index (χ1) is 15.4. The highest BCUT2D eigenvalue weighted by Gasteiger charge is 2.37. The normalized spacial score (nSPS) is 12.0. The molecule has 0 amide bonds. The monoisotopic (exact) mass is 472 g/mol. The predicted molar refractivity (Wildman–Crippen MR) is 106 cm³/mol. The van der Waals surface area contributed by atoms with Crippen molar-refractivity contribution in [2.24, 2.45) is 0 Å². The Morgan fingerprint density at radius 3 is 2.06 bits per heavy atom. The highest BCUT2D eigenvalue weighted by Crippen LogP contribution is 2.38. The summed E-state index contributed by atoms with van der Waals surface area (Å²) in [5.41, 5.74) is -2.45. The summed E-state index contributed by atoms with van der Waals surface area (Å²) in [6.45, 7) is 3.57. The molecule has 0 fully saturated rings. The van der Waals surface area contributed by atoms with Gasteiger partial charge in [0.05, 0.1) is 11.1 Å². The van der Waals surface area contributed by atoms with E-state index in [9.17, 15) is 35.1 Å². The van der Waals surface area contributed by atoms with Crippen LogP contribution in [0.15, 0.2) is 67.3 Å². The van der Waals surface area contributed by atoms with E-state index in [1.165, 1.54) is 12.1 Å². The van der Waals surface area contributed by atoms with E-state index in [-0.39, 0.29) is 0 Å². The molecule has 174 valence electrons. The molecule has 0 atom stereocenters. The molecule has 33 heavy (non-hydrogen) atoms. The van der Waals surface area contributed by atoms with Crippen molar-refractivity contribution in [3.8, 4) is 16.9 Å². The van der Waals surface area contributed by atoms with Crippen LogP contribution in [-0.4, -0.2) is 0 Å². The second kappa shape index (κ2) is 9.25. The summed E-state index contributed by atoms with van der Waals surface area (Å²) in [6.07, 6.45) is -6.08. The van der Waals surface area contributed by atoms with Gasteiger partial charge in [0.15, 0.2) is 11.6 Å². The summed E-state index contributed by atoms with van der Waals surface area (Å²) >= 11 is 0. The first-order valence-electron chi connectivity index (χ1n) is 9.56. The third-order valence-corrected chi connectivity index (χ3v) is 4.80. The molecule has 0 unspecified atom stereocenters. The Hall–Kier alpha value is -3.36. The van der Waals surface area contributed by atoms with Crippen molar-refractivity contribution >= 4 is 0 Å². The van der Waals surface area contributed by atoms with E-state index < -0.39 is 57.7 Å². The van der Waals surface area contributed by atoms with Gasteiger partial charge in [0.2, 0.25) is 5.82 Å². The Kier molecular flexibility index (Phi) is 6.81. The van der Waals surface area contributed by atoms with Crippen molar-refractivity contribution in [1.29, 1.82) is 0 Å². The maximum Gasteiger partial charge on any atom is 0.426 e. The fraction of sp³-hybridized carbons (Fsp3) is 0.167. The van der Waals surface area contributed by atoms with Gasteiger partial charge in [-0.2, -0.15) is 26.3 Å². The molecule has 1 nitrogen and oxygen atoms in total. The number of halogens is 8. The molecule has 9 heteroatoms. The third kappa shape index (κ3) is 5.35. The first kappa shape index (κ1) is 24.3. The molecule has 0 aliphatic heterocycles. The van der Waals surface area contributed by atoms with Crippen molar-refractivity contribution in [1.82, 2.24) is 0 Å². The Morgan fingerprint density at radius 2 is 1.48 bits per heavy atom. The van der Waals surface area contributed by atoms with Crippen molar-refractivity contribution < 1.29 is 39.9 Å². The fourth-order valence-corrected chi connectivity index (χ4v) is 3.08. The summed E-state index contributed by atoms with van der Waals surface area (Å²) in [6, 6.07) is 8.05. The highest BCUT2D eigenvalue weighted by molar-refractivity contribution is 5.66. The van der Waals surface area contributed by atoms with Crippen LogP contribution in [0.25, 0.3) is 11.1 Å². The molecule has 3 aromatic rings. The van der Waals surface area contributed by atoms with E-state index >= 15 is 0 Å². The summed E-state index contributed by atoms with van der Waals surface area (Å²) in [5.74, 6) is -6.29. The van der Waals surface area contributed by atoms with E-state index in [4.69, 9.17) is 0 Å². The van der Waals surface area contributed by atoms with Gasteiger partial charge in [0.25, 0.3) is 0 Å². The van der Waals surface area contributed by atoms with Crippen LogP contribution in [0.1, 0.15) is 23.1 Å². The molecule has 3 rings (SSSR count). The van der Waals surface area contributed by atoms with E-state index in [1.807, 2.05) is 0 Å². The molecule has 0 N–H and O–H groups in total. The van der Waals surface area contributed by atoms with Crippen molar-refractivity contribution in [2.45, 2.75) is 25.1 Å². The Morgan fingerprint density at radius 1 is 0.818 bits per heavy atom. The smallest absolute Gasteiger partial charge is 0.426 e. The number of alkyl halides is 5. The molecule has 0 saturated carbocycles. The second-order valence-electron chi connectivity index (χ2n) is 7.07. The molecule has 0 bridgehead atoms. The van der Waals surface area contributed by atoms with E-state index in [0.717, 1.165) is 29.8 Å². The molecular formula is C24H16F8O. The SMILES string of the molecule is C=CCCc1ccc(C(F)(F)Oc2ccc(-c3ccc(C(F)(F)F)c(F)c3)c(F)c2F)cc1. The van der Waals surface area contributed by atoms with Gasteiger partial charge in [-0.15, -0.1) is 6.58 Å². The van der Waals surface area contributed by atoms with Crippen LogP contribution in [-0.2, 0) is 18.7 Å². The molecular weight excluding hydrogens is 456 g/mol. The van der Waals surface area contributed by atoms with Crippen LogP contribution in [0.2, 0.25) is 0 Å². The lowest BCUT2D eigenvalue weighted by atomic mass is 10.0. The van der Waals surface area contributed by atoms with E-state index in [2.05, 4.69) is 11.3 Å². The zero-order valence-electron chi connectivity index (χ0n) is 16.8. The molecule has 0 radical (unpaired) electrons. The third-order valence-electron chi connectivity index (χ3n) is 4.80. The van der Waals surface area contributed by atoms with Gasteiger partial charge in [-0.3, -0.25) is 0 Å². The fourth-order valence-electron chi connectivity index (χ4n) is 3.08. The number of hydrogen-bond donors (Lipinski definition) is 0. The average Bonchev–Trinajstić information content (AvgIpc) is 2.75. The van der Waals surface area contributed by atoms with Crippen LogP contribution in [0, 0.1) is 17.5 Å². The quantitative estimate of drug-likeness (QED) is 0.250. The van der Waals surface area contributed by atoms with Crippen LogP contribution in [0.5, 0.6) is 5.75 Å². The molecule has 0 aliphatic rings. The minimum Gasteiger partial charge on any atom is -0.426 e. The van der Waals surface area contributed by atoms with Gasteiger partial charge in [0.1, 0.15) is 5.82 Å². The number of benzene rings is 3.